The zero-order valence-corrected chi connectivity index (χ0v) is 8.84. The van der Waals surface area contributed by atoms with Gasteiger partial charge < -0.3 is 20.4 Å². The highest BCUT2D eigenvalue weighted by atomic mass is 16.4. The van der Waals surface area contributed by atoms with Gasteiger partial charge in [-0.05, 0) is 12.8 Å². The summed E-state index contributed by atoms with van der Waals surface area (Å²) in [5, 5.41) is 19.4. The average molecular weight is 230 g/mol. The minimum atomic E-state index is -1.38. The van der Waals surface area contributed by atoms with Crippen molar-refractivity contribution < 1.29 is 24.6 Å². The SMILES string of the molecule is CN(C(=O)NC(CC(=O)O)C(=O)O)C1CC1. The Balaban J connectivity index is 2.49. The van der Waals surface area contributed by atoms with Crippen LogP contribution < -0.4 is 5.32 Å². The Morgan fingerprint density at radius 2 is 1.94 bits per heavy atom. The molecule has 0 heterocycles. The Labute approximate surface area is 92.0 Å². The van der Waals surface area contributed by atoms with Crippen LogP contribution in [0.2, 0.25) is 0 Å². The summed E-state index contributed by atoms with van der Waals surface area (Å²) in [5.41, 5.74) is 0. The summed E-state index contributed by atoms with van der Waals surface area (Å²) >= 11 is 0. The van der Waals surface area contributed by atoms with Gasteiger partial charge in [-0.2, -0.15) is 0 Å². The van der Waals surface area contributed by atoms with E-state index < -0.39 is 30.4 Å². The molecule has 0 aromatic carbocycles. The summed E-state index contributed by atoms with van der Waals surface area (Å²) < 4.78 is 0. The highest BCUT2D eigenvalue weighted by Gasteiger charge is 2.32. The number of carboxylic acids is 2. The van der Waals surface area contributed by atoms with Gasteiger partial charge in [-0.3, -0.25) is 4.79 Å². The summed E-state index contributed by atoms with van der Waals surface area (Å²) in [4.78, 5) is 33.9. The largest absolute Gasteiger partial charge is 0.481 e. The van der Waals surface area contributed by atoms with Crippen LogP contribution in [0.4, 0.5) is 4.79 Å². The quantitative estimate of drug-likeness (QED) is 0.602. The van der Waals surface area contributed by atoms with Crippen LogP contribution in [-0.2, 0) is 9.59 Å². The van der Waals surface area contributed by atoms with Gasteiger partial charge in [-0.1, -0.05) is 0 Å². The molecule has 0 bridgehead atoms. The number of carboxylic acid groups (broad SMARTS) is 2. The number of nitrogens with zero attached hydrogens (tertiary/aromatic N) is 1. The zero-order chi connectivity index (χ0) is 12.3. The van der Waals surface area contributed by atoms with Crippen molar-refractivity contribution in [3.63, 3.8) is 0 Å². The van der Waals surface area contributed by atoms with Gasteiger partial charge in [0.25, 0.3) is 0 Å². The van der Waals surface area contributed by atoms with Crippen molar-refractivity contribution in [2.24, 2.45) is 0 Å². The molecule has 0 aromatic heterocycles. The highest BCUT2D eigenvalue weighted by molar-refractivity contribution is 5.86. The van der Waals surface area contributed by atoms with Crippen LogP contribution in [-0.4, -0.2) is 52.2 Å². The number of nitrogens with one attached hydrogen (secondary N) is 1. The number of carbonyl (C=O) groups excluding carboxylic acids is 1. The van der Waals surface area contributed by atoms with Gasteiger partial charge in [0.15, 0.2) is 0 Å². The smallest absolute Gasteiger partial charge is 0.326 e. The first kappa shape index (κ1) is 12.3. The first-order valence-corrected chi connectivity index (χ1v) is 4.89. The van der Waals surface area contributed by atoms with E-state index in [0.717, 1.165) is 12.8 Å². The number of hydrogen-bond donors (Lipinski definition) is 3. The van der Waals surface area contributed by atoms with Crippen LogP contribution in [0.15, 0.2) is 0 Å². The normalized spacial score (nSPS) is 16.3. The van der Waals surface area contributed by atoms with Crippen molar-refractivity contribution in [1.29, 1.82) is 0 Å². The number of aliphatic carboxylic acids is 2. The second-order valence-corrected chi connectivity index (χ2v) is 3.78. The van der Waals surface area contributed by atoms with Crippen LogP contribution in [0.5, 0.6) is 0 Å². The Morgan fingerprint density at radius 1 is 1.38 bits per heavy atom. The molecule has 90 valence electrons. The topological polar surface area (TPSA) is 107 Å². The van der Waals surface area contributed by atoms with Crippen LogP contribution >= 0.6 is 0 Å². The average Bonchev–Trinajstić information content (AvgIpc) is 2.97. The van der Waals surface area contributed by atoms with Gasteiger partial charge in [0.05, 0.1) is 6.42 Å². The molecule has 0 spiro atoms. The summed E-state index contributed by atoms with van der Waals surface area (Å²) in [6.45, 7) is 0. The van der Waals surface area contributed by atoms with E-state index in [-0.39, 0.29) is 6.04 Å². The van der Waals surface area contributed by atoms with Crippen molar-refractivity contribution in [2.75, 3.05) is 7.05 Å². The summed E-state index contributed by atoms with van der Waals surface area (Å²) in [7, 11) is 1.56. The van der Waals surface area contributed by atoms with E-state index in [2.05, 4.69) is 5.32 Å². The fourth-order valence-corrected chi connectivity index (χ4v) is 1.25. The predicted molar refractivity (Wildman–Crippen MR) is 53.0 cm³/mol. The van der Waals surface area contributed by atoms with Gasteiger partial charge in [0.1, 0.15) is 6.04 Å². The second kappa shape index (κ2) is 4.82. The van der Waals surface area contributed by atoms with Crippen molar-refractivity contribution in [2.45, 2.75) is 31.3 Å². The molecular formula is C9H14N2O5. The minimum Gasteiger partial charge on any atom is -0.481 e. The van der Waals surface area contributed by atoms with Crippen molar-refractivity contribution in [3.05, 3.63) is 0 Å². The van der Waals surface area contributed by atoms with E-state index in [0.29, 0.717) is 0 Å². The van der Waals surface area contributed by atoms with Gasteiger partial charge in [-0.15, -0.1) is 0 Å². The Morgan fingerprint density at radius 3 is 2.31 bits per heavy atom. The molecule has 1 rings (SSSR count). The third kappa shape index (κ3) is 3.41. The first-order valence-electron chi connectivity index (χ1n) is 4.89. The molecule has 0 saturated heterocycles. The molecule has 0 aliphatic heterocycles. The summed E-state index contributed by atoms with van der Waals surface area (Å²) in [6, 6.07) is -1.78. The summed E-state index contributed by atoms with van der Waals surface area (Å²) in [6.07, 6.45) is 1.18. The van der Waals surface area contributed by atoms with Crippen molar-refractivity contribution >= 4 is 18.0 Å². The molecule has 16 heavy (non-hydrogen) atoms. The van der Waals surface area contributed by atoms with E-state index in [1.165, 1.54) is 4.90 Å². The van der Waals surface area contributed by atoms with E-state index in [4.69, 9.17) is 10.2 Å². The molecule has 1 unspecified atom stereocenters. The number of amides is 2. The second-order valence-electron chi connectivity index (χ2n) is 3.78. The third-order valence-corrected chi connectivity index (χ3v) is 2.39. The van der Waals surface area contributed by atoms with Crippen molar-refractivity contribution in [3.8, 4) is 0 Å². The standard InChI is InChI=1S/C9H14N2O5/c1-11(5-2-3-5)9(16)10-6(8(14)15)4-7(12)13/h5-6H,2-4H2,1H3,(H,10,16)(H,12,13)(H,14,15). The first-order chi connectivity index (χ1) is 7.41. The molecule has 0 aromatic rings. The van der Waals surface area contributed by atoms with Crippen LogP contribution in [0.1, 0.15) is 19.3 Å². The number of rotatable bonds is 5. The molecule has 0 radical (unpaired) electrons. The lowest BCUT2D eigenvalue weighted by Gasteiger charge is -2.20. The number of carbonyl (C=O) groups is 3. The lowest BCUT2D eigenvalue weighted by molar-refractivity contribution is -0.145. The Bertz CT molecular complexity index is 313. The molecule has 1 fully saturated rings. The Kier molecular flexibility index (Phi) is 3.70. The summed E-state index contributed by atoms with van der Waals surface area (Å²) in [5.74, 6) is -2.61. The highest BCUT2D eigenvalue weighted by Crippen LogP contribution is 2.25. The molecule has 1 atom stereocenters. The fraction of sp³-hybridized carbons (Fsp3) is 0.667. The predicted octanol–water partition coefficient (Wildman–Crippen LogP) is -0.282. The monoisotopic (exact) mass is 230 g/mol. The molecule has 7 heteroatoms. The van der Waals surface area contributed by atoms with Gasteiger partial charge in [0.2, 0.25) is 0 Å². The molecule has 1 saturated carbocycles. The van der Waals surface area contributed by atoms with E-state index in [1.54, 1.807) is 7.05 Å². The number of urea groups is 1. The molecule has 1 aliphatic rings. The van der Waals surface area contributed by atoms with Crippen LogP contribution in [0.25, 0.3) is 0 Å². The minimum absolute atomic E-state index is 0.152. The van der Waals surface area contributed by atoms with Crippen LogP contribution in [0, 0.1) is 0 Å². The molecule has 7 nitrogen and oxygen atoms in total. The van der Waals surface area contributed by atoms with E-state index >= 15 is 0 Å². The maximum atomic E-state index is 11.5. The fourth-order valence-electron chi connectivity index (χ4n) is 1.25. The maximum absolute atomic E-state index is 11.5. The third-order valence-electron chi connectivity index (χ3n) is 2.39. The zero-order valence-electron chi connectivity index (χ0n) is 8.84. The lowest BCUT2D eigenvalue weighted by Crippen LogP contribution is -2.48. The van der Waals surface area contributed by atoms with Gasteiger partial charge >= 0.3 is 18.0 Å². The van der Waals surface area contributed by atoms with Crippen molar-refractivity contribution in [1.82, 2.24) is 10.2 Å². The number of hydrogen-bond acceptors (Lipinski definition) is 3. The van der Waals surface area contributed by atoms with Crippen LogP contribution in [0.3, 0.4) is 0 Å². The lowest BCUT2D eigenvalue weighted by atomic mass is 10.2. The Hall–Kier alpha value is -1.79. The molecule has 3 N–H and O–H groups in total. The maximum Gasteiger partial charge on any atom is 0.326 e. The van der Waals surface area contributed by atoms with E-state index in [9.17, 15) is 14.4 Å². The molecular weight excluding hydrogens is 216 g/mol. The van der Waals surface area contributed by atoms with Gasteiger partial charge in [0, 0.05) is 13.1 Å². The molecule has 2 amide bonds. The van der Waals surface area contributed by atoms with Gasteiger partial charge in [-0.25, -0.2) is 9.59 Å². The molecule has 1 aliphatic carbocycles. The van der Waals surface area contributed by atoms with E-state index in [1.807, 2.05) is 0 Å².